The molecule has 8 nitrogen and oxygen atoms in total. The first-order valence-corrected chi connectivity index (χ1v) is 9.23. The van der Waals surface area contributed by atoms with Crippen LogP contribution in [-0.2, 0) is 20.7 Å². The molecule has 1 fully saturated rings. The topological polar surface area (TPSA) is 111 Å². The molecule has 0 bridgehead atoms. The Balaban J connectivity index is 1.42. The fourth-order valence-corrected chi connectivity index (χ4v) is 2.46. The van der Waals surface area contributed by atoms with Crippen molar-refractivity contribution in [3.05, 3.63) is 41.9 Å². The second kappa shape index (κ2) is 8.69. The molecule has 8 heteroatoms. The van der Waals surface area contributed by atoms with Crippen LogP contribution in [0.3, 0.4) is 0 Å². The number of ether oxygens (including phenoxy) is 1. The van der Waals surface area contributed by atoms with Gasteiger partial charge in [0.25, 0.3) is 5.91 Å². The van der Waals surface area contributed by atoms with Gasteiger partial charge in [-0.15, -0.1) is 0 Å². The van der Waals surface area contributed by atoms with Gasteiger partial charge in [0, 0.05) is 18.0 Å². The zero-order valence-corrected chi connectivity index (χ0v) is 15.9. The van der Waals surface area contributed by atoms with Crippen LogP contribution in [0.4, 0.5) is 4.79 Å². The molecule has 0 aliphatic heterocycles. The first-order chi connectivity index (χ1) is 13.4. The lowest BCUT2D eigenvalue weighted by Crippen LogP contribution is -2.45. The molecule has 2 aromatic rings. The summed E-state index contributed by atoms with van der Waals surface area (Å²) in [5, 5.41) is 4.78. The van der Waals surface area contributed by atoms with Crippen LogP contribution < -0.4 is 10.6 Å². The van der Waals surface area contributed by atoms with Crippen molar-refractivity contribution in [3.8, 4) is 11.3 Å². The number of amides is 3. The van der Waals surface area contributed by atoms with E-state index in [2.05, 4.69) is 15.6 Å². The fraction of sp³-hybridized carbons (Fsp3) is 0.400. The van der Waals surface area contributed by atoms with Gasteiger partial charge in [-0.05, 0) is 26.7 Å². The van der Waals surface area contributed by atoms with E-state index in [1.165, 1.54) is 6.92 Å². The van der Waals surface area contributed by atoms with Crippen LogP contribution in [0.2, 0.25) is 0 Å². The lowest BCUT2D eigenvalue weighted by molar-refractivity contribution is -0.154. The molecular formula is C20H23N3O5. The molecule has 1 aromatic carbocycles. The normalized spacial score (nSPS) is 14.2. The number of esters is 1. The third-order valence-corrected chi connectivity index (χ3v) is 4.26. The zero-order chi connectivity index (χ0) is 20.1. The number of nitrogens with zero attached hydrogens (tertiary/aromatic N) is 1. The molecule has 28 heavy (non-hydrogen) atoms. The molecule has 1 saturated carbocycles. The van der Waals surface area contributed by atoms with Crippen molar-refractivity contribution < 1.29 is 23.5 Å². The standard InChI is InChI=1S/C20H23N3O5/c1-12-3-5-14(6-4-12)16-11-21-17(28-16)9-10-18(24)27-13(2)19(25)23-20(26)22-15-7-8-15/h3-6,11,13,15H,7-10H2,1-2H3,(H2,22,23,25,26). The number of aryl methyl sites for hydroxylation is 2. The number of hydrogen-bond acceptors (Lipinski definition) is 6. The number of aromatic nitrogens is 1. The van der Waals surface area contributed by atoms with Crippen molar-refractivity contribution in [1.29, 1.82) is 0 Å². The Morgan fingerprint density at radius 1 is 1.25 bits per heavy atom. The minimum absolute atomic E-state index is 0.0136. The summed E-state index contributed by atoms with van der Waals surface area (Å²) in [6.07, 6.45) is 2.64. The third kappa shape index (κ3) is 5.67. The Morgan fingerprint density at radius 3 is 2.64 bits per heavy atom. The van der Waals surface area contributed by atoms with Gasteiger partial charge in [-0.25, -0.2) is 9.78 Å². The summed E-state index contributed by atoms with van der Waals surface area (Å²) < 4.78 is 10.7. The lowest BCUT2D eigenvalue weighted by Gasteiger charge is -2.12. The van der Waals surface area contributed by atoms with E-state index in [9.17, 15) is 14.4 Å². The summed E-state index contributed by atoms with van der Waals surface area (Å²) in [7, 11) is 0. The summed E-state index contributed by atoms with van der Waals surface area (Å²) in [4.78, 5) is 39.5. The van der Waals surface area contributed by atoms with Crippen LogP contribution in [0.5, 0.6) is 0 Å². The van der Waals surface area contributed by atoms with Gasteiger partial charge in [0.05, 0.1) is 12.6 Å². The third-order valence-electron chi connectivity index (χ3n) is 4.26. The Hall–Kier alpha value is -3.16. The van der Waals surface area contributed by atoms with Crippen molar-refractivity contribution in [2.24, 2.45) is 0 Å². The Labute approximate surface area is 162 Å². The molecule has 0 radical (unpaired) electrons. The predicted molar refractivity (Wildman–Crippen MR) is 100 cm³/mol. The monoisotopic (exact) mass is 385 g/mol. The molecule has 0 spiro atoms. The van der Waals surface area contributed by atoms with E-state index in [1.807, 2.05) is 31.2 Å². The second-order valence-electron chi connectivity index (χ2n) is 6.85. The number of urea groups is 1. The number of benzene rings is 1. The van der Waals surface area contributed by atoms with Crippen LogP contribution in [0.1, 0.15) is 37.6 Å². The summed E-state index contributed by atoms with van der Waals surface area (Å²) in [5.74, 6) is -0.198. The number of imide groups is 1. The minimum atomic E-state index is -1.06. The molecule has 1 aliphatic carbocycles. The van der Waals surface area contributed by atoms with Crippen molar-refractivity contribution in [1.82, 2.24) is 15.6 Å². The van der Waals surface area contributed by atoms with Crippen molar-refractivity contribution in [2.45, 2.75) is 51.7 Å². The maximum absolute atomic E-state index is 11.9. The van der Waals surface area contributed by atoms with E-state index in [-0.39, 0.29) is 18.9 Å². The summed E-state index contributed by atoms with van der Waals surface area (Å²) in [6.45, 7) is 3.42. The van der Waals surface area contributed by atoms with Crippen molar-refractivity contribution >= 4 is 17.9 Å². The fourth-order valence-electron chi connectivity index (χ4n) is 2.46. The van der Waals surface area contributed by atoms with Gasteiger partial charge in [0.1, 0.15) is 0 Å². The molecule has 1 unspecified atom stereocenters. The molecule has 1 atom stereocenters. The lowest BCUT2D eigenvalue weighted by atomic mass is 10.1. The molecule has 1 aromatic heterocycles. The van der Waals surface area contributed by atoms with E-state index in [0.29, 0.717) is 11.7 Å². The van der Waals surface area contributed by atoms with Crippen LogP contribution in [-0.4, -0.2) is 35.0 Å². The largest absolute Gasteiger partial charge is 0.453 e. The molecule has 148 valence electrons. The van der Waals surface area contributed by atoms with Gasteiger partial charge < -0.3 is 14.5 Å². The van der Waals surface area contributed by atoms with E-state index < -0.39 is 24.0 Å². The predicted octanol–water partition coefficient (Wildman–Crippen LogP) is 2.50. The van der Waals surface area contributed by atoms with Gasteiger partial charge in [-0.2, -0.15) is 0 Å². The van der Waals surface area contributed by atoms with E-state index in [0.717, 1.165) is 24.0 Å². The van der Waals surface area contributed by atoms with Crippen LogP contribution >= 0.6 is 0 Å². The highest BCUT2D eigenvalue weighted by Gasteiger charge is 2.26. The summed E-state index contributed by atoms with van der Waals surface area (Å²) in [6, 6.07) is 7.40. The molecule has 3 amide bonds. The van der Waals surface area contributed by atoms with E-state index in [1.54, 1.807) is 6.20 Å². The maximum atomic E-state index is 11.9. The highest BCUT2D eigenvalue weighted by atomic mass is 16.5. The molecule has 1 aliphatic rings. The van der Waals surface area contributed by atoms with E-state index >= 15 is 0 Å². The molecule has 1 heterocycles. The summed E-state index contributed by atoms with van der Waals surface area (Å²) in [5.41, 5.74) is 2.05. The minimum Gasteiger partial charge on any atom is -0.453 e. The number of nitrogens with one attached hydrogen (secondary N) is 2. The number of hydrogen-bond donors (Lipinski definition) is 2. The average Bonchev–Trinajstić information content (AvgIpc) is 3.33. The second-order valence-corrected chi connectivity index (χ2v) is 6.85. The van der Waals surface area contributed by atoms with Gasteiger partial charge in [-0.1, -0.05) is 29.8 Å². The number of carbonyl (C=O) groups excluding carboxylic acids is 3. The average molecular weight is 385 g/mol. The highest BCUT2D eigenvalue weighted by Crippen LogP contribution is 2.21. The van der Waals surface area contributed by atoms with E-state index in [4.69, 9.17) is 9.15 Å². The molecule has 0 saturated heterocycles. The molecule has 2 N–H and O–H groups in total. The summed E-state index contributed by atoms with van der Waals surface area (Å²) >= 11 is 0. The van der Waals surface area contributed by atoms with Crippen molar-refractivity contribution in [2.75, 3.05) is 0 Å². The molecule has 3 rings (SSSR count). The molecular weight excluding hydrogens is 362 g/mol. The number of oxazole rings is 1. The Kier molecular flexibility index (Phi) is 6.08. The zero-order valence-electron chi connectivity index (χ0n) is 15.9. The first kappa shape index (κ1) is 19.6. The first-order valence-electron chi connectivity index (χ1n) is 9.23. The van der Waals surface area contributed by atoms with Crippen LogP contribution in [0.25, 0.3) is 11.3 Å². The number of rotatable bonds is 7. The van der Waals surface area contributed by atoms with Crippen LogP contribution in [0, 0.1) is 6.92 Å². The SMILES string of the molecule is Cc1ccc(-c2cnc(CCC(=O)OC(C)C(=O)NC(=O)NC3CC3)o2)cc1. The number of carbonyl (C=O) groups is 3. The van der Waals surface area contributed by atoms with Gasteiger partial charge in [-0.3, -0.25) is 14.9 Å². The highest BCUT2D eigenvalue weighted by molar-refractivity contribution is 5.97. The van der Waals surface area contributed by atoms with Crippen LogP contribution in [0.15, 0.2) is 34.9 Å². The maximum Gasteiger partial charge on any atom is 0.321 e. The Bertz CT molecular complexity index is 855. The Morgan fingerprint density at radius 2 is 1.96 bits per heavy atom. The quantitative estimate of drug-likeness (QED) is 0.709. The van der Waals surface area contributed by atoms with Crippen molar-refractivity contribution in [3.63, 3.8) is 0 Å². The van der Waals surface area contributed by atoms with Gasteiger partial charge in [0.15, 0.2) is 17.8 Å². The van der Waals surface area contributed by atoms with Gasteiger partial charge in [0.2, 0.25) is 0 Å². The van der Waals surface area contributed by atoms with Gasteiger partial charge >= 0.3 is 12.0 Å². The smallest absolute Gasteiger partial charge is 0.321 e.